The Kier molecular flexibility index (Phi) is 4.70. The van der Waals surface area contributed by atoms with Crippen molar-refractivity contribution in [1.82, 2.24) is 15.4 Å². The van der Waals surface area contributed by atoms with Gasteiger partial charge in [0.15, 0.2) is 0 Å². The number of pyridine rings is 1. The number of aromatic nitrogens is 1. The van der Waals surface area contributed by atoms with Gasteiger partial charge in [-0.3, -0.25) is 10.2 Å². The summed E-state index contributed by atoms with van der Waals surface area (Å²) in [6, 6.07) is 10.3. The molecule has 7 heteroatoms. The predicted molar refractivity (Wildman–Crippen MR) is 85.0 cm³/mol. The van der Waals surface area contributed by atoms with E-state index in [-0.39, 0.29) is 5.91 Å². The van der Waals surface area contributed by atoms with Crippen LogP contribution in [0.2, 0.25) is 0 Å². The van der Waals surface area contributed by atoms with Gasteiger partial charge in [-0.15, -0.1) is 0 Å². The molecule has 0 bridgehead atoms. The number of morpholine rings is 1. The molecule has 1 aliphatic rings. The molecule has 0 atom stereocenters. The minimum atomic E-state index is -0.146. The van der Waals surface area contributed by atoms with Crippen molar-refractivity contribution in [2.45, 2.75) is 0 Å². The van der Waals surface area contributed by atoms with Gasteiger partial charge in [0.25, 0.3) is 5.91 Å². The zero-order valence-corrected chi connectivity index (χ0v) is 12.6. The van der Waals surface area contributed by atoms with Crippen LogP contribution >= 0.6 is 0 Å². The number of anilines is 1. The summed E-state index contributed by atoms with van der Waals surface area (Å²) in [5.74, 6) is 1.50. The lowest BCUT2D eigenvalue weighted by Gasteiger charge is -2.26. The first-order valence-electron chi connectivity index (χ1n) is 7.34. The molecule has 1 saturated heterocycles. The van der Waals surface area contributed by atoms with Crippen LogP contribution in [0.15, 0.2) is 42.6 Å². The lowest BCUT2D eigenvalue weighted by Crippen LogP contribution is -2.48. The van der Waals surface area contributed by atoms with E-state index in [1.54, 1.807) is 42.6 Å². The van der Waals surface area contributed by atoms with E-state index in [9.17, 15) is 4.79 Å². The number of nitrogens with two attached hydrogens (primary N) is 1. The average Bonchev–Trinajstić information content (AvgIpc) is 2.58. The van der Waals surface area contributed by atoms with E-state index in [0.29, 0.717) is 49.2 Å². The van der Waals surface area contributed by atoms with E-state index in [0.717, 1.165) is 0 Å². The highest BCUT2D eigenvalue weighted by Crippen LogP contribution is 2.21. The third kappa shape index (κ3) is 4.18. The first kappa shape index (κ1) is 15.3. The van der Waals surface area contributed by atoms with Crippen LogP contribution in [0.4, 0.5) is 5.82 Å². The number of hydrogen-bond donors (Lipinski definition) is 2. The molecule has 1 aliphatic heterocycles. The quantitative estimate of drug-likeness (QED) is 0.887. The van der Waals surface area contributed by atoms with Gasteiger partial charge in [0.2, 0.25) is 0 Å². The first-order chi connectivity index (χ1) is 11.2. The van der Waals surface area contributed by atoms with Crippen LogP contribution < -0.4 is 15.9 Å². The van der Waals surface area contributed by atoms with Crippen LogP contribution in [0.1, 0.15) is 10.4 Å². The molecular weight excluding hydrogens is 296 g/mol. The Hall–Kier alpha value is -2.64. The molecule has 3 N–H and O–H groups in total. The Morgan fingerprint density at radius 3 is 2.48 bits per heavy atom. The number of nitrogens with one attached hydrogen (secondary N) is 1. The zero-order chi connectivity index (χ0) is 16.1. The summed E-state index contributed by atoms with van der Waals surface area (Å²) >= 11 is 0. The van der Waals surface area contributed by atoms with Gasteiger partial charge in [0.05, 0.1) is 19.4 Å². The van der Waals surface area contributed by atoms with Crippen molar-refractivity contribution in [2.75, 3.05) is 32.0 Å². The molecule has 1 aromatic carbocycles. The van der Waals surface area contributed by atoms with Crippen molar-refractivity contribution < 1.29 is 14.3 Å². The van der Waals surface area contributed by atoms with Gasteiger partial charge in [0.1, 0.15) is 17.3 Å². The lowest BCUT2D eigenvalue weighted by atomic mass is 10.2. The molecule has 2 heterocycles. The number of ether oxygens (including phenoxy) is 2. The number of hydrazine groups is 1. The lowest BCUT2D eigenvalue weighted by molar-refractivity contribution is 0.0126. The average molecular weight is 314 g/mol. The molecule has 0 saturated carbocycles. The molecular formula is C16H18N4O3. The normalized spacial score (nSPS) is 15.1. The molecule has 0 aliphatic carbocycles. The summed E-state index contributed by atoms with van der Waals surface area (Å²) in [7, 11) is 0. The van der Waals surface area contributed by atoms with Crippen molar-refractivity contribution in [3.63, 3.8) is 0 Å². The molecule has 3 rings (SSSR count). The van der Waals surface area contributed by atoms with Gasteiger partial charge >= 0.3 is 0 Å². The van der Waals surface area contributed by atoms with Crippen molar-refractivity contribution in [3.05, 3.63) is 48.2 Å². The van der Waals surface area contributed by atoms with E-state index in [2.05, 4.69) is 10.4 Å². The predicted octanol–water partition coefficient (Wildman–Crippen LogP) is 1.43. The minimum Gasteiger partial charge on any atom is -0.456 e. The molecule has 1 aromatic heterocycles. The summed E-state index contributed by atoms with van der Waals surface area (Å²) in [6.45, 7) is 2.64. The van der Waals surface area contributed by atoms with Gasteiger partial charge in [-0.25, -0.2) is 9.99 Å². The monoisotopic (exact) mass is 314 g/mol. The number of nitrogen functional groups attached to an aromatic ring is 1. The first-order valence-corrected chi connectivity index (χ1v) is 7.34. The number of rotatable bonds is 4. The number of hydrogen-bond acceptors (Lipinski definition) is 6. The maximum absolute atomic E-state index is 12.2. The van der Waals surface area contributed by atoms with Crippen LogP contribution in [0.25, 0.3) is 0 Å². The van der Waals surface area contributed by atoms with Crippen molar-refractivity contribution in [2.24, 2.45) is 0 Å². The topological polar surface area (TPSA) is 89.7 Å². The van der Waals surface area contributed by atoms with E-state index < -0.39 is 0 Å². The van der Waals surface area contributed by atoms with Crippen molar-refractivity contribution >= 4 is 11.7 Å². The number of carbonyl (C=O) groups is 1. The number of carbonyl (C=O) groups excluding carboxylic acids is 1. The van der Waals surface area contributed by atoms with E-state index in [1.807, 2.05) is 5.01 Å². The van der Waals surface area contributed by atoms with Crippen LogP contribution in [0, 0.1) is 0 Å². The van der Waals surface area contributed by atoms with Gasteiger partial charge in [-0.05, 0) is 36.4 Å². The largest absolute Gasteiger partial charge is 0.456 e. The van der Waals surface area contributed by atoms with Crippen molar-refractivity contribution in [1.29, 1.82) is 0 Å². The molecule has 0 spiro atoms. The number of benzene rings is 1. The fourth-order valence-corrected chi connectivity index (χ4v) is 2.15. The molecule has 7 nitrogen and oxygen atoms in total. The highest BCUT2D eigenvalue weighted by atomic mass is 16.5. The Morgan fingerprint density at radius 2 is 1.83 bits per heavy atom. The van der Waals surface area contributed by atoms with E-state index in [1.165, 1.54) is 0 Å². The van der Waals surface area contributed by atoms with Crippen LogP contribution in [-0.2, 0) is 4.74 Å². The van der Waals surface area contributed by atoms with E-state index in [4.69, 9.17) is 15.2 Å². The van der Waals surface area contributed by atoms with Gasteiger partial charge in [-0.1, -0.05) is 0 Å². The summed E-state index contributed by atoms with van der Waals surface area (Å²) < 4.78 is 10.9. The van der Waals surface area contributed by atoms with Gasteiger partial charge in [-0.2, -0.15) is 0 Å². The van der Waals surface area contributed by atoms with Crippen LogP contribution in [0.3, 0.4) is 0 Å². The van der Waals surface area contributed by atoms with Crippen LogP contribution in [0.5, 0.6) is 11.5 Å². The minimum absolute atomic E-state index is 0.146. The number of nitrogens with zero attached hydrogens (tertiary/aromatic N) is 2. The van der Waals surface area contributed by atoms with Gasteiger partial charge in [0, 0.05) is 18.7 Å². The standard InChI is InChI=1S/C16H18N4O3/c17-15-6-5-14(11-18-15)23-13-3-1-12(2-4-13)16(21)19-20-7-9-22-10-8-20/h1-6,11H,7-10H2,(H2,17,18)(H,19,21). The molecule has 1 fully saturated rings. The Bertz CT molecular complexity index is 652. The Balaban J connectivity index is 1.59. The molecule has 0 unspecified atom stereocenters. The molecule has 23 heavy (non-hydrogen) atoms. The maximum Gasteiger partial charge on any atom is 0.265 e. The summed E-state index contributed by atoms with van der Waals surface area (Å²) in [4.78, 5) is 16.1. The van der Waals surface area contributed by atoms with Crippen LogP contribution in [-0.4, -0.2) is 42.2 Å². The number of amides is 1. The third-order valence-electron chi connectivity index (χ3n) is 3.38. The second-order valence-electron chi connectivity index (χ2n) is 5.09. The smallest absolute Gasteiger partial charge is 0.265 e. The molecule has 2 aromatic rings. The Morgan fingerprint density at radius 1 is 1.13 bits per heavy atom. The fourth-order valence-electron chi connectivity index (χ4n) is 2.15. The fraction of sp³-hybridized carbons (Fsp3) is 0.250. The maximum atomic E-state index is 12.2. The molecule has 0 radical (unpaired) electrons. The molecule has 120 valence electrons. The summed E-state index contributed by atoms with van der Waals surface area (Å²) in [6.07, 6.45) is 1.55. The summed E-state index contributed by atoms with van der Waals surface area (Å²) in [5.41, 5.74) is 8.96. The summed E-state index contributed by atoms with van der Waals surface area (Å²) in [5, 5.41) is 1.86. The second-order valence-corrected chi connectivity index (χ2v) is 5.09. The highest BCUT2D eigenvalue weighted by molar-refractivity contribution is 5.93. The van der Waals surface area contributed by atoms with Crippen molar-refractivity contribution in [3.8, 4) is 11.5 Å². The second kappa shape index (κ2) is 7.08. The SMILES string of the molecule is Nc1ccc(Oc2ccc(C(=O)NN3CCOCC3)cc2)cn1. The Labute approximate surface area is 134 Å². The van der Waals surface area contributed by atoms with E-state index >= 15 is 0 Å². The zero-order valence-electron chi connectivity index (χ0n) is 12.6. The highest BCUT2D eigenvalue weighted by Gasteiger charge is 2.14. The molecule has 1 amide bonds. The third-order valence-corrected chi connectivity index (χ3v) is 3.38. The van der Waals surface area contributed by atoms with Gasteiger partial charge < -0.3 is 15.2 Å².